The lowest BCUT2D eigenvalue weighted by molar-refractivity contribution is -0.0646. The topological polar surface area (TPSA) is 69.9 Å². The Kier molecular flexibility index (Phi) is 3.26. The van der Waals surface area contributed by atoms with Crippen LogP contribution in [0.1, 0.15) is 12.8 Å². The van der Waals surface area contributed by atoms with E-state index in [0.29, 0.717) is 6.42 Å². The van der Waals surface area contributed by atoms with Gasteiger partial charge in [-0.15, -0.1) is 0 Å². The van der Waals surface area contributed by atoms with Crippen molar-refractivity contribution in [1.82, 2.24) is 0 Å². The molecule has 1 heterocycles. The minimum Gasteiger partial charge on any atom is -0.394 e. The van der Waals surface area contributed by atoms with Crippen LogP contribution in [0.4, 0.5) is 0 Å². The van der Waals surface area contributed by atoms with Crippen LogP contribution in [0.25, 0.3) is 0 Å². The van der Waals surface area contributed by atoms with Gasteiger partial charge >= 0.3 is 0 Å². The third kappa shape index (κ3) is 2.13. The summed E-state index contributed by atoms with van der Waals surface area (Å²) in [6, 6.07) is 0. The number of hydrogen-bond acceptors (Lipinski definition) is 4. The highest BCUT2D eigenvalue weighted by atomic mass is 16.5. The van der Waals surface area contributed by atoms with Crippen molar-refractivity contribution in [2.75, 3.05) is 13.2 Å². The van der Waals surface area contributed by atoms with Crippen LogP contribution in [0, 0.1) is 0 Å². The molecule has 1 aliphatic rings. The molecule has 3 atom stereocenters. The Balaban J connectivity index is 2.29. The van der Waals surface area contributed by atoms with Crippen molar-refractivity contribution >= 4 is 0 Å². The summed E-state index contributed by atoms with van der Waals surface area (Å²) in [6.45, 7) is -0.280. The molecule has 66 valence electrons. The van der Waals surface area contributed by atoms with Crippen molar-refractivity contribution in [3.63, 3.8) is 0 Å². The van der Waals surface area contributed by atoms with Crippen molar-refractivity contribution < 1.29 is 20.1 Å². The number of ether oxygens (including phenoxy) is 1. The van der Waals surface area contributed by atoms with Crippen molar-refractivity contribution in [1.29, 1.82) is 0 Å². The quantitative estimate of drug-likeness (QED) is 0.491. The van der Waals surface area contributed by atoms with Crippen LogP contribution in [0.3, 0.4) is 0 Å². The van der Waals surface area contributed by atoms with Gasteiger partial charge in [-0.3, -0.25) is 0 Å². The number of aliphatic hydroxyl groups excluding tert-OH is 3. The van der Waals surface area contributed by atoms with Crippen molar-refractivity contribution in [2.45, 2.75) is 31.2 Å². The molecule has 11 heavy (non-hydrogen) atoms. The molecule has 4 nitrogen and oxygen atoms in total. The molecule has 0 radical (unpaired) electrons. The van der Waals surface area contributed by atoms with Gasteiger partial charge in [0.15, 0.2) is 0 Å². The van der Waals surface area contributed by atoms with Gasteiger partial charge in [0.1, 0.15) is 6.10 Å². The second-order valence-corrected chi connectivity index (χ2v) is 2.81. The Labute approximate surface area is 65.4 Å². The summed E-state index contributed by atoms with van der Waals surface area (Å²) in [5.74, 6) is 0. The molecule has 0 bridgehead atoms. The first-order chi connectivity index (χ1) is 5.27. The first-order valence-corrected chi connectivity index (χ1v) is 3.83. The Morgan fingerprint density at radius 2 is 2.09 bits per heavy atom. The van der Waals surface area contributed by atoms with E-state index in [1.807, 2.05) is 0 Å². The molecule has 1 saturated heterocycles. The zero-order valence-electron chi connectivity index (χ0n) is 6.31. The third-order valence-corrected chi connectivity index (χ3v) is 1.96. The maximum Gasteiger partial charge on any atom is 0.103 e. The second kappa shape index (κ2) is 4.01. The molecule has 0 aromatic carbocycles. The summed E-state index contributed by atoms with van der Waals surface area (Å²) in [6.07, 6.45) is 0.232. The molecule has 0 aromatic rings. The van der Waals surface area contributed by atoms with Crippen molar-refractivity contribution in [2.24, 2.45) is 0 Å². The van der Waals surface area contributed by atoms with Gasteiger partial charge in [0, 0.05) is 0 Å². The van der Waals surface area contributed by atoms with Gasteiger partial charge < -0.3 is 20.1 Å². The van der Waals surface area contributed by atoms with Crippen LogP contribution < -0.4 is 0 Å². The molecule has 0 unspecified atom stereocenters. The predicted molar refractivity (Wildman–Crippen MR) is 38.1 cm³/mol. The van der Waals surface area contributed by atoms with E-state index in [4.69, 9.17) is 20.1 Å². The molecule has 0 aliphatic carbocycles. The van der Waals surface area contributed by atoms with Crippen LogP contribution in [0.15, 0.2) is 0 Å². The third-order valence-electron chi connectivity index (χ3n) is 1.96. The standard InChI is InChI=1S/C7H14O4/c8-3-5-1-2-7(11-5)6(10)4-9/h5-10H,1-4H2/t5-,6+,7-/m1/s1. The average Bonchev–Trinajstić information content (AvgIpc) is 2.50. The van der Waals surface area contributed by atoms with E-state index in [1.165, 1.54) is 0 Å². The molecular formula is C7H14O4. The van der Waals surface area contributed by atoms with Crippen molar-refractivity contribution in [3.05, 3.63) is 0 Å². The fourth-order valence-corrected chi connectivity index (χ4v) is 1.27. The molecule has 1 aliphatic heterocycles. The fraction of sp³-hybridized carbons (Fsp3) is 1.00. The summed E-state index contributed by atoms with van der Waals surface area (Å²) in [4.78, 5) is 0. The summed E-state index contributed by atoms with van der Waals surface area (Å²) in [5.41, 5.74) is 0. The first kappa shape index (κ1) is 8.93. The van der Waals surface area contributed by atoms with Crippen LogP contribution in [-0.4, -0.2) is 46.8 Å². The second-order valence-electron chi connectivity index (χ2n) is 2.81. The van der Waals surface area contributed by atoms with Crippen LogP contribution in [-0.2, 0) is 4.74 Å². The molecule has 3 N–H and O–H groups in total. The SMILES string of the molecule is OC[C@H]1CC[C@H]([C@@H](O)CO)O1. The normalized spacial score (nSPS) is 34.1. The summed E-state index contributed by atoms with van der Waals surface area (Å²) >= 11 is 0. The maximum absolute atomic E-state index is 9.11. The smallest absolute Gasteiger partial charge is 0.103 e. The largest absolute Gasteiger partial charge is 0.394 e. The highest BCUT2D eigenvalue weighted by molar-refractivity contribution is 4.78. The fourth-order valence-electron chi connectivity index (χ4n) is 1.27. The van der Waals surface area contributed by atoms with Crippen LogP contribution in [0.5, 0.6) is 0 Å². The van der Waals surface area contributed by atoms with E-state index in [1.54, 1.807) is 0 Å². The predicted octanol–water partition coefficient (Wildman–Crippen LogP) is -1.12. The molecule has 4 heteroatoms. The Morgan fingerprint density at radius 3 is 2.55 bits per heavy atom. The van der Waals surface area contributed by atoms with Gasteiger partial charge in [-0.25, -0.2) is 0 Å². The summed E-state index contributed by atoms with van der Waals surface area (Å²) in [7, 11) is 0. The van der Waals surface area contributed by atoms with E-state index >= 15 is 0 Å². The van der Waals surface area contributed by atoms with Gasteiger partial charge in [-0.05, 0) is 12.8 Å². The summed E-state index contributed by atoms with van der Waals surface area (Å²) in [5, 5.41) is 26.3. The molecular weight excluding hydrogens is 148 g/mol. The number of rotatable bonds is 3. The molecule has 0 aromatic heterocycles. The lowest BCUT2D eigenvalue weighted by atomic mass is 10.1. The molecule has 1 rings (SSSR count). The Hall–Kier alpha value is -0.160. The maximum atomic E-state index is 9.11. The average molecular weight is 162 g/mol. The Bertz CT molecular complexity index is 117. The number of hydrogen-bond donors (Lipinski definition) is 3. The Morgan fingerprint density at radius 1 is 1.36 bits per heavy atom. The molecule has 0 amide bonds. The van der Waals surface area contributed by atoms with Gasteiger partial charge in [0.05, 0.1) is 25.4 Å². The zero-order chi connectivity index (χ0) is 8.27. The molecule has 0 spiro atoms. The van der Waals surface area contributed by atoms with E-state index in [9.17, 15) is 0 Å². The van der Waals surface area contributed by atoms with Gasteiger partial charge in [0.25, 0.3) is 0 Å². The zero-order valence-corrected chi connectivity index (χ0v) is 6.31. The number of aliphatic hydroxyl groups is 3. The van der Waals surface area contributed by atoms with Gasteiger partial charge in [-0.2, -0.15) is 0 Å². The minimum atomic E-state index is -0.799. The lowest BCUT2D eigenvalue weighted by Crippen LogP contribution is -2.30. The van der Waals surface area contributed by atoms with Crippen LogP contribution in [0.2, 0.25) is 0 Å². The van der Waals surface area contributed by atoms with Crippen molar-refractivity contribution in [3.8, 4) is 0 Å². The monoisotopic (exact) mass is 162 g/mol. The minimum absolute atomic E-state index is 0.00531. The van der Waals surface area contributed by atoms with E-state index in [-0.39, 0.29) is 25.4 Å². The highest BCUT2D eigenvalue weighted by Gasteiger charge is 2.29. The summed E-state index contributed by atoms with van der Waals surface area (Å²) < 4.78 is 5.20. The molecule has 0 saturated carbocycles. The van der Waals surface area contributed by atoms with E-state index in [0.717, 1.165) is 6.42 Å². The van der Waals surface area contributed by atoms with E-state index in [2.05, 4.69) is 0 Å². The lowest BCUT2D eigenvalue weighted by Gasteiger charge is -2.15. The molecule has 1 fully saturated rings. The van der Waals surface area contributed by atoms with Gasteiger partial charge in [-0.1, -0.05) is 0 Å². The highest BCUT2D eigenvalue weighted by Crippen LogP contribution is 2.21. The first-order valence-electron chi connectivity index (χ1n) is 3.83. The van der Waals surface area contributed by atoms with Gasteiger partial charge in [0.2, 0.25) is 0 Å². The van der Waals surface area contributed by atoms with Crippen LogP contribution >= 0.6 is 0 Å². The van der Waals surface area contributed by atoms with E-state index < -0.39 is 6.10 Å².